The molecule has 1 fully saturated rings. The first-order valence-corrected chi connectivity index (χ1v) is 11.8. The second-order valence-electron chi connectivity index (χ2n) is 6.66. The summed E-state index contributed by atoms with van der Waals surface area (Å²) in [5, 5.41) is 19.2. The van der Waals surface area contributed by atoms with E-state index in [1.54, 1.807) is 0 Å². The molecule has 0 aliphatic carbocycles. The quantitative estimate of drug-likeness (QED) is 0.573. The molecule has 0 bridgehead atoms. The van der Waals surface area contributed by atoms with Gasteiger partial charge in [-0.2, -0.15) is 4.31 Å². The number of aliphatic hydroxyl groups is 1. The van der Waals surface area contributed by atoms with Gasteiger partial charge in [0.1, 0.15) is 18.4 Å². The van der Waals surface area contributed by atoms with Crippen LogP contribution in [-0.2, 0) is 21.4 Å². The highest BCUT2D eigenvalue weighted by atomic mass is 79.9. The van der Waals surface area contributed by atoms with Crippen molar-refractivity contribution in [1.29, 1.82) is 0 Å². The number of rotatable bonds is 6. The molecular weight excluding hydrogens is 530 g/mol. The first-order valence-electron chi connectivity index (χ1n) is 8.78. The van der Waals surface area contributed by atoms with Crippen LogP contribution in [0.25, 0.3) is 0 Å². The maximum Gasteiger partial charge on any atom is 0.322 e. The molecule has 156 valence electrons. The van der Waals surface area contributed by atoms with Crippen LogP contribution in [0.1, 0.15) is 18.4 Å². The van der Waals surface area contributed by atoms with Crippen LogP contribution in [0.4, 0.5) is 0 Å². The molecular formula is C19H19Br2NO6S. The zero-order valence-electron chi connectivity index (χ0n) is 15.2. The smallest absolute Gasteiger partial charge is 0.322 e. The molecule has 29 heavy (non-hydrogen) atoms. The minimum Gasteiger partial charge on any atom is -0.489 e. The Labute approximate surface area is 185 Å². The Bertz CT molecular complexity index is 996. The minimum absolute atomic E-state index is 0.0474. The van der Waals surface area contributed by atoms with Gasteiger partial charge in [-0.3, -0.25) is 4.79 Å². The highest BCUT2D eigenvalue weighted by molar-refractivity contribution is 9.11. The number of aliphatic carboxylic acids is 1. The summed E-state index contributed by atoms with van der Waals surface area (Å²) in [5.74, 6) is -0.746. The van der Waals surface area contributed by atoms with Gasteiger partial charge < -0.3 is 14.9 Å². The van der Waals surface area contributed by atoms with E-state index in [2.05, 4.69) is 31.9 Å². The van der Waals surface area contributed by atoms with E-state index < -0.39 is 28.1 Å². The minimum atomic E-state index is -4.06. The predicted molar refractivity (Wildman–Crippen MR) is 113 cm³/mol. The summed E-state index contributed by atoms with van der Waals surface area (Å²) in [4.78, 5) is 11.4. The number of β-amino-alcohol motifs (C(OH)–C–C–N with tert-alkyl or cyclic N) is 1. The lowest BCUT2D eigenvalue weighted by Crippen LogP contribution is -2.51. The first kappa shape index (κ1) is 22.2. The third-order valence-electron chi connectivity index (χ3n) is 4.63. The van der Waals surface area contributed by atoms with Crippen LogP contribution in [0.15, 0.2) is 56.3 Å². The maximum atomic E-state index is 12.9. The molecule has 1 aliphatic heterocycles. The first-order chi connectivity index (χ1) is 13.7. The van der Waals surface area contributed by atoms with Gasteiger partial charge in [0.05, 0.1) is 11.0 Å². The Morgan fingerprint density at radius 2 is 1.83 bits per heavy atom. The van der Waals surface area contributed by atoms with Gasteiger partial charge in [-0.15, -0.1) is 0 Å². The highest BCUT2D eigenvalue weighted by Crippen LogP contribution is 2.28. The number of benzene rings is 2. The van der Waals surface area contributed by atoms with Gasteiger partial charge in [0.15, 0.2) is 0 Å². The summed E-state index contributed by atoms with van der Waals surface area (Å²) in [7, 11) is -4.06. The topological polar surface area (TPSA) is 104 Å². The van der Waals surface area contributed by atoms with Gasteiger partial charge in [-0.1, -0.05) is 31.9 Å². The van der Waals surface area contributed by atoms with E-state index in [0.717, 1.165) is 18.8 Å². The van der Waals surface area contributed by atoms with Gasteiger partial charge in [0.2, 0.25) is 10.0 Å². The lowest BCUT2D eigenvalue weighted by molar-refractivity contribution is -0.143. The van der Waals surface area contributed by atoms with Gasteiger partial charge in [-0.25, -0.2) is 8.42 Å². The Kier molecular flexibility index (Phi) is 7.00. The Balaban J connectivity index is 1.76. The van der Waals surface area contributed by atoms with Crippen molar-refractivity contribution < 1.29 is 28.2 Å². The van der Waals surface area contributed by atoms with E-state index in [9.17, 15) is 23.4 Å². The second-order valence-corrected chi connectivity index (χ2v) is 10.3. The summed E-state index contributed by atoms with van der Waals surface area (Å²) in [6.45, 7) is 0.0417. The van der Waals surface area contributed by atoms with E-state index >= 15 is 0 Å². The number of aliphatic hydroxyl groups excluding tert-OH is 1. The standard InChI is InChI=1S/C19H19Br2NO6S/c20-13-1-7-17(21)12(9-13)11-28-15-3-5-16(6-4-15)29(26,27)22-10-14(23)2-8-18(22)19(24)25/h1,3-7,9,14,18,23H,2,8,10-11H2,(H,24,25). The summed E-state index contributed by atoms with van der Waals surface area (Å²) in [6.07, 6.45) is -0.564. The lowest BCUT2D eigenvalue weighted by Gasteiger charge is -2.34. The zero-order chi connectivity index (χ0) is 21.2. The summed E-state index contributed by atoms with van der Waals surface area (Å²) < 4.78 is 34.2. The molecule has 0 saturated carbocycles. The molecule has 1 aliphatic rings. The average Bonchev–Trinajstić information content (AvgIpc) is 2.68. The van der Waals surface area contributed by atoms with Gasteiger partial charge in [-0.05, 0) is 55.3 Å². The fourth-order valence-corrected chi connectivity index (χ4v) is 5.51. The lowest BCUT2D eigenvalue weighted by atomic mass is 10.0. The second kappa shape index (κ2) is 9.13. The van der Waals surface area contributed by atoms with Crippen molar-refractivity contribution in [3.8, 4) is 5.75 Å². The molecule has 10 heteroatoms. The van der Waals surface area contributed by atoms with Crippen molar-refractivity contribution in [3.63, 3.8) is 0 Å². The fourth-order valence-electron chi connectivity index (χ4n) is 3.09. The van der Waals surface area contributed by atoms with Gasteiger partial charge >= 0.3 is 5.97 Å². The SMILES string of the molecule is O=C(O)C1CCC(O)CN1S(=O)(=O)c1ccc(OCc2cc(Br)ccc2Br)cc1. The molecule has 2 atom stereocenters. The van der Waals surface area contributed by atoms with Crippen LogP contribution in [0.2, 0.25) is 0 Å². The van der Waals surface area contributed by atoms with E-state index in [-0.39, 0.29) is 30.9 Å². The van der Waals surface area contributed by atoms with Gasteiger partial charge in [0.25, 0.3) is 0 Å². The van der Waals surface area contributed by atoms with Crippen LogP contribution < -0.4 is 4.74 Å². The molecule has 2 unspecified atom stereocenters. The summed E-state index contributed by atoms with van der Waals surface area (Å²) >= 11 is 6.86. The van der Waals surface area contributed by atoms with Crippen LogP contribution in [-0.4, -0.2) is 47.6 Å². The highest BCUT2D eigenvalue weighted by Gasteiger charge is 2.40. The molecule has 7 nitrogen and oxygen atoms in total. The zero-order valence-corrected chi connectivity index (χ0v) is 19.2. The molecule has 2 aromatic rings. The number of halogens is 2. The number of sulfonamides is 1. The van der Waals surface area contributed by atoms with E-state index in [1.165, 1.54) is 24.3 Å². The molecule has 0 spiro atoms. The number of carbonyl (C=O) groups is 1. The molecule has 1 heterocycles. The number of ether oxygens (including phenoxy) is 1. The largest absolute Gasteiger partial charge is 0.489 e. The number of hydrogen-bond donors (Lipinski definition) is 2. The number of hydrogen-bond acceptors (Lipinski definition) is 5. The number of nitrogens with zero attached hydrogens (tertiary/aromatic N) is 1. The molecule has 2 N–H and O–H groups in total. The molecule has 0 radical (unpaired) electrons. The van der Waals surface area contributed by atoms with Crippen molar-refractivity contribution in [3.05, 3.63) is 57.0 Å². The van der Waals surface area contributed by atoms with Crippen molar-refractivity contribution >= 4 is 47.9 Å². The maximum absolute atomic E-state index is 12.9. The Morgan fingerprint density at radius 1 is 1.14 bits per heavy atom. The van der Waals surface area contributed by atoms with Crippen molar-refractivity contribution in [1.82, 2.24) is 4.31 Å². The third kappa shape index (κ3) is 5.18. The average molecular weight is 549 g/mol. The Morgan fingerprint density at radius 3 is 2.48 bits per heavy atom. The molecule has 1 saturated heterocycles. The molecule has 3 rings (SSSR count). The van der Waals surface area contributed by atoms with Crippen LogP contribution in [0, 0.1) is 0 Å². The van der Waals surface area contributed by atoms with E-state index in [4.69, 9.17) is 4.74 Å². The van der Waals surface area contributed by atoms with Crippen LogP contribution >= 0.6 is 31.9 Å². The summed E-state index contributed by atoms with van der Waals surface area (Å²) in [6, 6.07) is 10.3. The Hall–Kier alpha value is -1.46. The summed E-state index contributed by atoms with van der Waals surface area (Å²) in [5.41, 5.74) is 0.919. The predicted octanol–water partition coefficient (Wildman–Crippen LogP) is 3.39. The third-order valence-corrected chi connectivity index (χ3v) is 7.78. The number of carboxylic acid groups (broad SMARTS) is 1. The fraction of sp³-hybridized carbons (Fsp3) is 0.316. The number of carboxylic acids is 1. The molecule has 2 aromatic carbocycles. The van der Waals surface area contributed by atoms with Crippen molar-refractivity contribution in [2.45, 2.75) is 36.5 Å². The molecule has 0 aromatic heterocycles. The molecule has 0 amide bonds. The van der Waals surface area contributed by atoms with E-state index in [0.29, 0.717) is 5.75 Å². The van der Waals surface area contributed by atoms with Crippen LogP contribution in [0.5, 0.6) is 5.75 Å². The van der Waals surface area contributed by atoms with E-state index in [1.807, 2.05) is 18.2 Å². The normalized spacial score (nSPS) is 20.4. The monoisotopic (exact) mass is 547 g/mol. The van der Waals surface area contributed by atoms with Crippen LogP contribution in [0.3, 0.4) is 0 Å². The van der Waals surface area contributed by atoms with Crippen molar-refractivity contribution in [2.75, 3.05) is 6.54 Å². The van der Waals surface area contributed by atoms with Gasteiger partial charge in [0, 0.05) is 21.1 Å². The van der Waals surface area contributed by atoms with Crippen molar-refractivity contribution in [2.24, 2.45) is 0 Å². The number of piperidine rings is 1.